The number of halogens is 1. The van der Waals surface area contributed by atoms with Crippen LogP contribution in [0.15, 0.2) is 29.6 Å². The monoisotopic (exact) mass is 617 g/mol. The van der Waals surface area contributed by atoms with Gasteiger partial charge in [-0.15, -0.1) is 0 Å². The van der Waals surface area contributed by atoms with Crippen LogP contribution in [0.1, 0.15) is 89.7 Å². The van der Waals surface area contributed by atoms with E-state index in [0.717, 1.165) is 24.3 Å². The van der Waals surface area contributed by atoms with Crippen molar-refractivity contribution < 1.29 is 13.2 Å². The molecule has 2 heterocycles. The summed E-state index contributed by atoms with van der Waals surface area (Å²) < 4.78 is 33.4. The van der Waals surface area contributed by atoms with E-state index in [2.05, 4.69) is 44.8 Å². The van der Waals surface area contributed by atoms with Crippen LogP contribution in [-0.4, -0.2) is 45.6 Å². The molecule has 2 aliphatic rings. The molecule has 0 amide bonds. The molecule has 42 heavy (non-hydrogen) atoms. The second-order valence-electron chi connectivity index (χ2n) is 11.9. The van der Waals surface area contributed by atoms with E-state index in [-0.39, 0.29) is 22.0 Å². The molecular weight excluding hydrogens is 574 g/mol. The Kier molecular flexibility index (Phi) is 10.4. The van der Waals surface area contributed by atoms with E-state index < -0.39 is 15.1 Å². The van der Waals surface area contributed by atoms with Crippen LogP contribution in [-0.2, 0) is 16.9 Å². The van der Waals surface area contributed by atoms with Gasteiger partial charge in [-0.25, -0.2) is 13.4 Å². The molecule has 0 spiro atoms. The van der Waals surface area contributed by atoms with Gasteiger partial charge < -0.3 is 21.1 Å². The van der Waals surface area contributed by atoms with Gasteiger partial charge in [0.1, 0.15) is 10.8 Å². The van der Waals surface area contributed by atoms with Gasteiger partial charge in [0.15, 0.2) is 5.82 Å². The van der Waals surface area contributed by atoms with Crippen molar-refractivity contribution in [1.82, 2.24) is 19.7 Å². The number of nitrogens with zero attached hydrogens (tertiary/aromatic N) is 4. The fraction of sp³-hybridized carbons (Fsp3) is 0.567. The Morgan fingerprint density at radius 1 is 1.05 bits per heavy atom. The summed E-state index contributed by atoms with van der Waals surface area (Å²) in [4.78, 5) is 8.93. The molecule has 5 rings (SSSR count). The number of anilines is 4. The smallest absolute Gasteiger partial charge is 0.229 e. The van der Waals surface area contributed by atoms with Gasteiger partial charge in [0, 0.05) is 13.2 Å². The fourth-order valence-corrected chi connectivity index (χ4v) is 6.11. The van der Waals surface area contributed by atoms with Crippen LogP contribution < -0.4 is 21.1 Å². The predicted octanol–water partition coefficient (Wildman–Crippen LogP) is 6.78. The van der Waals surface area contributed by atoms with Crippen molar-refractivity contribution in [2.45, 2.75) is 108 Å². The van der Waals surface area contributed by atoms with Crippen LogP contribution in [0.5, 0.6) is 5.75 Å². The maximum absolute atomic E-state index is 12.8. The number of rotatable bonds is 9. The molecule has 0 saturated heterocycles. The highest BCUT2D eigenvalue weighted by atomic mass is 35.5. The summed E-state index contributed by atoms with van der Waals surface area (Å²) in [5.41, 5.74) is 8.79. The van der Waals surface area contributed by atoms with Gasteiger partial charge in [-0.1, -0.05) is 44.7 Å². The van der Waals surface area contributed by atoms with E-state index in [0.29, 0.717) is 23.6 Å². The van der Waals surface area contributed by atoms with Crippen molar-refractivity contribution in [2.75, 3.05) is 10.6 Å². The molecule has 0 aliphatic heterocycles. The lowest BCUT2D eigenvalue weighted by Crippen LogP contribution is -2.16. The molecule has 1 aromatic carbocycles. The van der Waals surface area contributed by atoms with Gasteiger partial charge in [0.25, 0.3) is 0 Å². The van der Waals surface area contributed by atoms with Gasteiger partial charge >= 0.3 is 0 Å². The van der Waals surface area contributed by atoms with Crippen LogP contribution >= 0.6 is 11.6 Å². The van der Waals surface area contributed by atoms with E-state index in [1.54, 1.807) is 27.1 Å². The van der Waals surface area contributed by atoms with E-state index >= 15 is 0 Å². The highest BCUT2D eigenvalue weighted by Gasteiger charge is 2.28. The van der Waals surface area contributed by atoms with E-state index in [4.69, 9.17) is 22.1 Å². The van der Waals surface area contributed by atoms with Crippen molar-refractivity contribution in [3.63, 3.8) is 0 Å². The molecule has 0 atom stereocenters. The SMILES string of the molecule is CC(C)N.Cc1cc(Nc2ncc(Cl)c(Nc3cn(C)nc3S(=O)(=O)C(C)C)n2)c(OC2CC2)cc1C1CCCCC1. The minimum absolute atomic E-state index is 0.0479. The number of nitrogens with two attached hydrogens (primary N) is 1. The van der Waals surface area contributed by atoms with E-state index in [1.807, 2.05) is 13.8 Å². The van der Waals surface area contributed by atoms with Crippen molar-refractivity contribution >= 4 is 44.6 Å². The molecule has 2 aromatic heterocycles. The molecule has 0 bridgehead atoms. The molecule has 230 valence electrons. The lowest BCUT2D eigenvalue weighted by Gasteiger charge is -2.25. The number of hydrogen-bond acceptors (Lipinski definition) is 9. The molecule has 2 saturated carbocycles. The Labute approximate surface area is 254 Å². The Balaban J connectivity index is 0.000000952. The second kappa shape index (κ2) is 13.6. The van der Waals surface area contributed by atoms with Crippen molar-refractivity contribution in [3.8, 4) is 5.75 Å². The van der Waals surface area contributed by atoms with Crippen LogP contribution in [0.2, 0.25) is 5.02 Å². The maximum Gasteiger partial charge on any atom is 0.229 e. The van der Waals surface area contributed by atoms with Crippen LogP contribution in [0, 0.1) is 6.92 Å². The largest absolute Gasteiger partial charge is 0.488 e. The van der Waals surface area contributed by atoms with E-state index in [9.17, 15) is 8.42 Å². The number of nitrogens with one attached hydrogen (secondary N) is 2. The summed E-state index contributed by atoms with van der Waals surface area (Å²) in [6, 6.07) is 4.64. The average Bonchev–Trinajstić information content (AvgIpc) is 3.66. The number of hydrogen-bond donors (Lipinski definition) is 3. The summed E-state index contributed by atoms with van der Waals surface area (Å²) >= 11 is 6.41. The molecule has 3 aromatic rings. The van der Waals surface area contributed by atoms with Crippen LogP contribution in [0.3, 0.4) is 0 Å². The Bertz CT molecular complexity index is 1480. The first-order chi connectivity index (χ1) is 19.8. The topological polar surface area (TPSA) is 137 Å². The summed E-state index contributed by atoms with van der Waals surface area (Å²) in [6.07, 6.45) is 11.7. The van der Waals surface area contributed by atoms with Crippen LogP contribution in [0.25, 0.3) is 0 Å². The quantitative estimate of drug-likeness (QED) is 0.237. The minimum atomic E-state index is -3.62. The summed E-state index contributed by atoms with van der Waals surface area (Å²) in [5.74, 6) is 1.97. The zero-order valence-corrected chi connectivity index (χ0v) is 27.0. The number of benzene rings is 1. The number of aromatic nitrogens is 4. The van der Waals surface area contributed by atoms with Gasteiger partial charge in [-0.3, -0.25) is 4.68 Å². The van der Waals surface area contributed by atoms with Crippen molar-refractivity contribution in [2.24, 2.45) is 12.8 Å². The number of ether oxygens (including phenoxy) is 1. The molecule has 12 heteroatoms. The Morgan fingerprint density at radius 3 is 2.33 bits per heavy atom. The maximum atomic E-state index is 12.8. The molecule has 10 nitrogen and oxygen atoms in total. The normalized spacial score (nSPS) is 15.9. The minimum Gasteiger partial charge on any atom is -0.488 e. The highest BCUT2D eigenvalue weighted by Crippen LogP contribution is 2.41. The summed E-state index contributed by atoms with van der Waals surface area (Å²) in [7, 11) is -1.95. The molecule has 2 aliphatic carbocycles. The summed E-state index contributed by atoms with van der Waals surface area (Å²) in [6.45, 7) is 9.28. The molecule has 0 radical (unpaired) electrons. The number of sulfone groups is 1. The number of aryl methyl sites for hydroxylation is 2. The van der Waals surface area contributed by atoms with Crippen molar-refractivity contribution in [3.05, 3.63) is 40.7 Å². The fourth-order valence-electron chi connectivity index (χ4n) is 4.87. The Morgan fingerprint density at radius 2 is 1.71 bits per heavy atom. The molecule has 4 N–H and O–H groups in total. The van der Waals surface area contributed by atoms with Gasteiger partial charge in [-0.05, 0) is 81.7 Å². The van der Waals surface area contributed by atoms with Gasteiger partial charge in [-0.2, -0.15) is 10.1 Å². The molecule has 2 fully saturated rings. The predicted molar refractivity (Wildman–Crippen MR) is 169 cm³/mol. The zero-order valence-electron chi connectivity index (χ0n) is 25.4. The highest BCUT2D eigenvalue weighted by molar-refractivity contribution is 7.92. The summed E-state index contributed by atoms with van der Waals surface area (Å²) in [5, 5.41) is 10.1. The first-order valence-corrected chi connectivity index (χ1v) is 16.7. The standard InChI is InChI=1S/C27H35ClN6O3S.C3H9N/c1-16(2)38(35,36)26-23(15-34(4)33-26)30-25-21(28)14-29-27(32-25)31-22-12-17(3)20(18-8-6-5-7-9-18)13-24(22)37-19-10-11-19;1-3(2)4/h12-16,18-19H,5-11H2,1-4H3,(H2,29,30,31,32);3H,4H2,1-2H3. The van der Waals surface area contributed by atoms with E-state index in [1.165, 1.54) is 54.1 Å². The average molecular weight is 618 g/mol. The molecular formula is C30H44ClN7O3S. The van der Waals surface area contributed by atoms with Crippen molar-refractivity contribution in [1.29, 1.82) is 0 Å². The molecule has 0 unspecified atom stereocenters. The third-order valence-electron chi connectivity index (χ3n) is 7.16. The zero-order chi connectivity index (χ0) is 30.6. The first kappa shape index (κ1) is 32.0. The Hall–Kier alpha value is -2.89. The van der Waals surface area contributed by atoms with Gasteiger partial charge in [0.05, 0.1) is 28.9 Å². The lowest BCUT2D eigenvalue weighted by atomic mass is 9.82. The van der Waals surface area contributed by atoms with Gasteiger partial charge in [0.2, 0.25) is 20.8 Å². The van der Waals surface area contributed by atoms with Crippen LogP contribution in [0.4, 0.5) is 23.1 Å². The third-order valence-corrected chi connectivity index (χ3v) is 9.52. The second-order valence-corrected chi connectivity index (χ2v) is 14.7. The lowest BCUT2D eigenvalue weighted by molar-refractivity contribution is 0.304. The third kappa shape index (κ3) is 8.14. The first-order valence-electron chi connectivity index (χ1n) is 14.8.